The van der Waals surface area contributed by atoms with E-state index in [1.54, 1.807) is 0 Å². The standard InChI is InChI=1S/C18H27N3O2S/c1-4-6-7-8-11-23-15-10-9-14(12-16(15)22-5-2)17-13(3)20-18(21-19)24-17/h9-10,12H,4-8,11,19H2,1-3H3,(H,20,21). The molecular weight excluding hydrogens is 322 g/mol. The number of hydrogen-bond acceptors (Lipinski definition) is 6. The Labute approximate surface area is 148 Å². The lowest BCUT2D eigenvalue weighted by Crippen LogP contribution is -2.05. The number of hydrazine groups is 1. The Hall–Kier alpha value is -1.79. The molecule has 0 aliphatic carbocycles. The maximum absolute atomic E-state index is 5.91. The first-order valence-corrected chi connectivity index (χ1v) is 9.35. The lowest BCUT2D eigenvalue weighted by atomic mass is 10.1. The van der Waals surface area contributed by atoms with E-state index in [2.05, 4.69) is 17.3 Å². The van der Waals surface area contributed by atoms with Gasteiger partial charge < -0.3 is 9.47 Å². The van der Waals surface area contributed by atoms with E-state index < -0.39 is 0 Å². The van der Waals surface area contributed by atoms with Gasteiger partial charge in [0.1, 0.15) is 0 Å². The van der Waals surface area contributed by atoms with Crippen molar-refractivity contribution in [1.29, 1.82) is 0 Å². The number of aromatic nitrogens is 1. The minimum Gasteiger partial charge on any atom is -0.490 e. The molecular formula is C18H27N3O2S. The third-order valence-corrected chi connectivity index (χ3v) is 4.82. The fourth-order valence-electron chi connectivity index (χ4n) is 2.47. The van der Waals surface area contributed by atoms with Crippen molar-refractivity contribution in [2.45, 2.75) is 46.5 Å². The van der Waals surface area contributed by atoms with Crippen LogP contribution in [0.15, 0.2) is 18.2 Å². The maximum Gasteiger partial charge on any atom is 0.197 e. The Kier molecular flexibility index (Phi) is 7.34. The van der Waals surface area contributed by atoms with E-state index in [0.29, 0.717) is 11.7 Å². The molecule has 0 bridgehead atoms. The third kappa shape index (κ3) is 4.85. The average molecular weight is 350 g/mol. The van der Waals surface area contributed by atoms with E-state index >= 15 is 0 Å². The first-order chi connectivity index (χ1) is 11.7. The molecule has 1 aromatic carbocycles. The molecule has 0 atom stereocenters. The summed E-state index contributed by atoms with van der Waals surface area (Å²) in [5.74, 6) is 7.04. The Morgan fingerprint density at radius 2 is 1.96 bits per heavy atom. The minimum atomic E-state index is 0.604. The first kappa shape index (κ1) is 18.5. The summed E-state index contributed by atoms with van der Waals surface area (Å²) >= 11 is 1.53. The zero-order valence-corrected chi connectivity index (χ0v) is 15.5. The van der Waals surface area contributed by atoms with Crippen molar-refractivity contribution in [2.75, 3.05) is 18.6 Å². The number of nitrogen functional groups attached to an aromatic ring is 1. The van der Waals surface area contributed by atoms with Crippen LogP contribution in [0.4, 0.5) is 5.13 Å². The highest BCUT2D eigenvalue weighted by Crippen LogP contribution is 2.37. The van der Waals surface area contributed by atoms with Crippen molar-refractivity contribution in [2.24, 2.45) is 5.84 Å². The highest BCUT2D eigenvalue weighted by Gasteiger charge is 2.13. The molecule has 0 aliphatic rings. The zero-order chi connectivity index (χ0) is 17.4. The number of nitrogens with zero attached hydrogens (tertiary/aromatic N) is 1. The zero-order valence-electron chi connectivity index (χ0n) is 14.7. The van der Waals surface area contributed by atoms with Gasteiger partial charge in [0.15, 0.2) is 16.6 Å². The van der Waals surface area contributed by atoms with Crippen LogP contribution in [0.25, 0.3) is 10.4 Å². The molecule has 3 N–H and O–H groups in total. The summed E-state index contributed by atoms with van der Waals surface area (Å²) < 4.78 is 11.7. The van der Waals surface area contributed by atoms with Gasteiger partial charge >= 0.3 is 0 Å². The molecule has 0 fully saturated rings. The summed E-state index contributed by atoms with van der Waals surface area (Å²) in [6, 6.07) is 6.05. The summed E-state index contributed by atoms with van der Waals surface area (Å²) in [5, 5.41) is 0.705. The van der Waals surface area contributed by atoms with E-state index in [-0.39, 0.29) is 0 Å². The van der Waals surface area contributed by atoms with Crippen LogP contribution in [0.5, 0.6) is 11.5 Å². The van der Waals surface area contributed by atoms with Crippen molar-refractivity contribution in [3.63, 3.8) is 0 Å². The molecule has 132 valence electrons. The van der Waals surface area contributed by atoms with Crippen molar-refractivity contribution in [3.05, 3.63) is 23.9 Å². The van der Waals surface area contributed by atoms with Crippen molar-refractivity contribution in [3.8, 4) is 21.9 Å². The summed E-state index contributed by atoms with van der Waals surface area (Å²) in [7, 11) is 0. The molecule has 0 saturated carbocycles. The summed E-state index contributed by atoms with van der Waals surface area (Å²) in [5.41, 5.74) is 4.62. The lowest BCUT2D eigenvalue weighted by molar-refractivity contribution is 0.270. The van der Waals surface area contributed by atoms with Crippen LogP contribution in [0, 0.1) is 6.92 Å². The molecule has 2 rings (SSSR count). The van der Waals surface area contributed by atoms with Crippen LogP contribution in [0.1, 0.15) is 45.2 Å². The fourth-order valence-corrected chi connectivity index (χ4v) is 3.35. The van der Waals surface area contributed by atoms with Gasteiger partial charge in [0, 0.05) is 0 Å². The van der Waals surface area contributed by atoms with Crippen LogP contribution in [-0.4, -0.2) is 18.2 Å². The Balaban J connectivity index is 2.14. The van der Waals surface area contributed by atoms with E-state index in [0.717, 1.165) is 40.7 Å². The van der Waals surface area contributed by atoms with Crippen LogP contribution >= 0.6 is 11.3 Å². The molecule has 0 unspecified atom stereocenters. The second kappa shape index (κ2) is 9.49. The van der Waals surface area contributed by atoms with Crippen LogP contribution in [0.3, 0.4) is 0 Å². The number of benzene rings is 1. The van der Waals surface area contributed by atoms with Gasteiger partial charge in [-0.1, -0.05) is 37.5 Å². The lowest BCUT2D eigenvalue weighted by Gasteiger charge is -2.13. The molecule has 1 heterocycles. The van der Waals surface area contributed by atoms with E-state index in [1.165, 1.54) is 30.6 Å². The van der Waals surface area contributed by atoms with Gasteiger partial charge in [0.05, 0.1) is 23.8 Å². The van der Waals surface area contributed by atoms with Crippen molar-refractivity contribution >= 4 is 16.5 Å². The Morgan fingerprint density at radius 3 is 2.62 bits per heavy atom. The Bertz CT molecular complexity index is 643. The second-order valence-corrected chi connectivity index (χ2v) is 6.58. The summed E-state index contributed by atoms with van der Waals surface area (Å²) in [6.45, 7) is 7.49. The summed E-state index contributed by atoms with van der Waals surface area (Å²) in [6.07, 6.45) is 4.75. The largest absolute Gasteiger partial charge is 0.490 e. The second-order valence-electron chi connectivity index (χ2n) is 5.58. The molecule has 6 heteroatoms. The highest BCUT2D eigenvalue weighted by atomic mass is 32.1. The van der Waals surface area contributed by atoms with Crippen LogP contribution in [0.2, 0.25) is 0 Å². The van der Waals surface area contributed by atoms with E-state index in [9.17, 15) is 0 Å². The maximum atomic E-state index is 5.91. The SMILES string of the molecule is CCCCCCOc1ccc(-c2sc(NN)nc2C)cc1OCC. The smallest absolute Gasteiger partial charge is 0.197 e. The van der Waals surface area contributed by atoms with E-state index in [4.69, 9.17) is 15.3 Å². The predicted molar refractivity (Wildman–Crippen MR) is 101 cm³/mol. The monoisotopic (exact) mass is 349 g/mol. The normalized spacial score (nSPS) is 10.7. The topological polar surface area (TPSA) is 69.4 Å². The van der Waals surface area contributed by atoms with Crippen molar-refractivity contribution < 1.29 is 9.47 Å². The number of thiazole rings is 1. The van der Waals surface area contributed by atoms with Crippen molar-refractivity contribution in [1.82, 2.24) is 4.98 Å². The third-order valence-electron chi connectivity index (χ3n) is 3.68. The van der Waals surface area contributed by atoms with Gasteiger partial charge in [-0.3, -0.25) is 5.43 Å². The molecule has 0 amide bonds. The predicted octanol–water partition coefficient (Wildman–Crippen LogP) is 4.76. The fraction of sp³-hybridized carbons (Fsp3) is 0.500. The number of unbranched alkanes of at least 4 members (excludes halogenated alkanes) is 3. The molecule has 24 heavy (non-hydrogen) atoms. The van der Waals surface area contributed by atoms with Gasteiger partial charge in [-0.15, -0.1) is 0 Å². The Morgan fingerprint density at radius 1 is 1.12 bits per heavy atom. The molecule has 5 nitrogen and oxygen atoms in total. The molecule has 0 saturated heterocycles. The molecule has 0 aliphatic heterocycles. The van der Waals surface area contributed by atoms with Gasteiger partial charge in [-0.2, -0.15) is 0 Å². The average Bonchev–Trinajstić information content (AvgIpc) is 2.97. The number of rotatable bonds is 10. The van der Waals surface area contributed by atoms with Crippen LogP contribution < -0.4 is 20.7 Å². The molecule has 0 spiro atoms. The highest BCUT2D eigenvalue weighted by molar-refractivity contribution is 7.19. The number of hydrogen-bond donors (Lipinski definition) is 2. The number of nitrogens with two attached hydrogens (primary N) is 1. The van der Waals surface area contributed by atoms with Crippen LogP contribution in [-0.2, 0) is 0 Å². The first-order valence-electron chi connectivity index (χ1n) is 8.53. The number of aryl methyl sites for hydroxylation is 1. The van der Waals surface area contributed by atoms with Gasteiger partial charge in [-0.05, 0) is 44.0 Å². The molecule has 0 radical (unpaired) electrons. The number of anilines is 1. The van der Waals surface area contributed by atoms with Gasteiger partial charge in [-0.25, -0.2) is 10.8 Å². The van der Waals surface area contributed by atoms with Gasteiger partial charge in [0.25, 0.3) is 0 Å². The minimum absolute atomic E-state index is 0.604. The number of ether oxygens (including phenoxy) is 2. The quantitative estimate of drug-likeness (QED) is 0.367. The molecule has 2 aromatic rings. The molecule has 1 aromatic heterocycles. The van der Waals surface area contributed by atoms with Gasteiger partial charge in [0.2, 0.25) is 0 Å². The number of nitrogens with one attached hydrogen (secondary N) is 1. The van der Waals surface area contributed by atoms with E-state index in [1.807, 2.05) is 32.0 Å². The summed E-state index contributed by atoms with van der Waals surface area (Å²) in [4.78, 5) is 5.47.